The van der Waals surface area contributed by atoms with Crippen LogP contribution in [0.3, 0.4) is 0 Å². The van der Waals surface area contributed by atoms with Gasteiger partial charge < -0.3 is 15.0 Å². The molecule has 2 aromatic carbocycles. The van der Waals surface area contributed by atoms with Crippen molar-refractivity contribution in [2.24, 2.45) is 0 Å². The summed E-state index contributed by atoms with van der Waals surface area (Å²) in [5, 5.41) is 5.77. The van der Waals surface area contributed by atoms with Crippen molar-refractivity contribution in [2.75, 3.05) is 39.3 Å². The quantitative estimate of drug-likeness (QED) is 0.699. The molecule has 1 aliphatic rings. The molecule has 0 saturated heterocycles. The minimum absolute atomic E-state index is 0.150. The van der Waals surface area contributed by atoms with Gasteiger partial charge in [-0.3, -0.25) is 0 Å². The van der Waals surface area contributed by atoms with Crippen LogP contribution < -0.4 is 15.4 Å². The zero-order valence-corrected chi connectivity index (χ0v) is 17.2. The molecule has 1 aromatic heterocycles. The van der Waals surface area contributed by atoms with Gasteiger partial charge in [0.15, 0.2) is 0 Å². The van der Waals surface area contributed by atoms with E-state index in [1.807, 2.05) is 6.20 Å². The first-order chi connectivity index (χ1) is 13.0. The van der Waals surface area contributed by atoms with Gasteiger partial charge >= 0.3 is 0 Å². The van der Waals surface area contributed by atoms with Gasteiger partial charge in [0.2, 0.25) is 5.95 Å². The van der Waals surface area contributed by atoms with Gasteiger partial charge in [0.05, 0.1) is 18.3 Å². The normalized spacial score (nSPS) is 14.4. The Morgan fingerprint density at radius 2 is 2.00 bits per heavy atom. The maximum atomic E-state index is 5.62. The van der Waals surface area contributed by atoms with Crippen molar-refractivity contribution in [3.05, 3.63) is 47.7 Å². The fourth-order valence-electron chi connectivity index (χ4n) is 3.46. The fourth-order valence-corrected chi connectivity index (χ4v) is 4.22. The lowest BCUT2D eigenvalue weighted by Crippen LogP contribution is -2.26. The van der Waals surface area contributed by atoms with Gasteiger partial charge in [0.1, 0.15) is 5.75 Å². The molecule has 0 spiro atoms. The summed E-state index contributed by atoms with van der Waals surface area (Å²) in [6, 6.07) is 10.8. The molecular weight excluding hydrogens is 355 g/mol. The molecule has 0 atom stereocenters. The maximum Gasteiger partial charge on any atom is 0.227 e. The molecule has 0 aliphatic carbocycles. The number of anilines is 2. The summed E-state index contributed by atoms with van der Waals surface area (Å²) in [6.45, 7) is 6.54. The van der Waals surface area contributed by atoms with Gasteiger partial charge in [-0.15, -0.1) is 0 Å². The molecule has 1 N–H and O–H groups in total. The first kappa shape index (κ1) is 18.1. The molecule has 5 nitrogen and oxygen atoms in total. The third-order valence-electron chi connectivity index (χ3n) is 5.05. The van der Waals surface area contributed by atoms with Crippen LogP contribution in [0.15, 0.2) is 36.5 Å². The van der Waals surface area contributed by atoms with Crippen LogP contribution in [0, 0.1) is 0 Å². The van der Waals surface area contributed by atoms with Gasteiger partial charge in [-0.1, -0.05) is 20.1 Å². The third kappa shape index (κ3) is 3.76. The van der Waals surface area contributed by atoms with Crippen LogP contribution in [0.25, 0.3) is 10.9 Å². The third-order valence-corrected chi connectivity index (χ3v) is 6.36. The van der Waals surface area contributed by atoms with E-state index in [2.05, 4.69) is 65.9 Å². The lowest BCUT2D eigenvalue weighted by molar-refractivity contribution is 0.312. The second kappa shape index (κ2) is 7.41. The second-order valence-electron chi connectivity index (χ2n) is 7.27. The van der Waals surface area contributed by atoms with Crippen molar-refractivity contribution in [3.8, 4) is 5.75 Å². The molecular formula is C21H25N4OP. The first-order valence-electron chi connectivity index (χ1n) is 9.13. The minimum atomic E-state index is -0.150. The van der Waals surface area contributed by atoms with Gasteiger partial charge in [0, 0.05) is 24.7 Å². The molecule has 2 heterocycles. The standard InChI is InChI=1S/C21H25N4OP/c1-25-8-7-14-10-20(26-2)19(9-16(14)13-25)24-21-22-12-15-5-6-17(27(3)4)11-18(15)23-21/h5-6,9-12H,7-8,13H2,1-4H3,(H,22,23,24). The molecule has 0 radical (unpaired) electrons. The van der Waals surface area contributed by atoms with E-state index in [4.69, 9.17) is 9.72 Å². The number of aromatic nitrogens is 2. The fraction of sp³-hybridized carbons (Fsp3) is 0.333. The number of benzene rings is 2. The average Bonchev–Trinajstić information content (AvgIpc) is 2.66. The summed E-state index contributed by atoms with van der Waals surface area (Å²) in [6.07, 6.45) is 2.93. The maximum absolute atomic E-state index is 5.62. The smallest absolute Gasteiger partial charge is 0.227 e. The molecule has 0 amide bonds. The molecule has 3 aromatic rings. The molecule has 0 bridgehead atoms. The lowest BCUT2D eigenvalue weighted by atomic mass is 9.99. The molecule has 0 saturated carbocycles. The molecule has 27 heavy (non-hydrogen) atoms. The molecule has 0 unspecified atom stereocenters. The Kier molecular flexibility index (Phi) is 4.98. The molecule has 4 rings (SSSR count). The van der Waals surface area contributed by atoms with Crippen LogP contribution in [0.2, 0.25) is 0 Å². The van der Waals surface area contributed by atoms with E-state index >= 15 is 0 Å². The predicted molar refractivity (Wildman–Crippen MR) is 114 cm³/mol. The summed E-state index contributed by atoms with van der Waals surface area (Å²) >= 11 is 0. The summed E-state index contributed by atoms with van der Waals surface area (Å²) in [5.41, 5.74) is 4.57. The molecule has 140 valence electrons. The Hall–Kier alpha value is -2.23. The predicted octanol–water partition coefficient (Wildman–Crippen LogP) is 3.74. The molecule has 0 fully saturated rings. The van der Waals surface area contributed by atoms with Crippen molar-refractivity contribution in [2.45, 2.75) is 13.0 Å². The van der Waals surface area contributed by atoms with Crippen LogP contribution in [-0.2, 0) is 13.0 Å². The van der Waals surface area contributed by atoms with Crippen molar-refractivity contribution in [1.29, 1.82) is 0 Å². The topological polar surface area (TPSA) is 50.3 Å². The van der Waals surface area contributed by atoms with E-state index in [1.165, 1.54) is 16.4 Å². The summed E-state index contributed by atoms with van der Waals surface area (Å²) in [7, 11) is 3.71. The van der Waals surface area contributed by atoms with E-state index in [9.17, 15) is 0 Å². The Morgan fingerprint density at radius 1 is 1.15 bits per heavy atom. The van der Waals surface area contributed by atoms with Crippen molar-refractivity contribution >= 4 is 35.8 Å². The first-order valence-corrected chi connectivity index (χ1v) is 11.4. The largest absolute Gasteiger partial charge is 0.495 e. The Balaban J connectivity index is 1.69. The summed E-state index contributed by atoms with van der Waals surface area (Å²) in [5.74, 6) is 1.43. The monoisotopic (exact) mass is 380 g/mol. The van der Waals surface area contributed by atoms with Crippen molar-refractivity contribution in [3.63, 3.8) is 0 Å². The number of nitrogens with one attached hydrogen (secondary N) is 1. The molecule has 1 aliphatic heterocycles. The lowest BCUT2D eigenvalue weighted by Gasteiger charge is -2.26. The number of hydrogen-bond donors (Lipinski definition) is 1. The number of hydrogen-bond acceptors (Lipinski definition) is 5. The van der Waals surface area contributed by atoms with Gasteiger partial charge in [-0.25, -0.2) is 9.97 Å². The van der Waals surface area contributed by atoms with E-state index in [0.29, 0.717) is 5.95 Å². The van der Waals surface area contributed by atoms with Gasteiger partial charge in [-0.2, -0.15) is 0 Å². The van der Waals surface area contributed by atoms with Crippen LogP contribution in [-0.4, -0.2) is 48.9 Å². The highest BCUT2D eigenvalue weighted by Gasteiger charge is 2.17. The number of likely N-dealkylation sites (N-methyl/N-ethyl adjacent to an activating group) is 1. The van der Waals surface area contributed by atoms with E-state index in [1.54, 1.807) is 7.11 Å². The number of fused-ring (bicyclic) bond motifs is 2. The zero-order chi connectivity index (χ0) is 19.0. The number of nitrogens with zero attached hydrogens (tertiary/aromatic N) is 3. The van der Waals surface area contributed by atoms with Crippen LogP contribution in [0.4, 0.5) is 11.6 Å². The number of methoxy groups -OCH3 is 1. The Bertz CT molecular complexity index is 989. The SMILES string of the molecule is COc1cc2c(cc1Nc1ncc3ccc(P(C)C)cc3n1)CN(C)CC2. The molecule has 6 heteroatoms. The Morgan fingerprint density at radius 3 is 2.78 bits per heavy atom. The highest BCUT2D eigenvalue weighted by atomic mass is 31.1. The van der Waals surface area contributed by atoms with E-state index in [0.717, 1.165) is 41.9 Å². The highest BCUT2D eigenvalue weighted by Crippen LogP contribution is 2.33. The zero-order valence-electron chi connectivity index (χ0n) is 16.3. The average molecular weight is 380 g/mol. The second-order valence-corrected chi connectivity index (χ2v) is 9.57. The van der Waals surface area contributed by atoms with Crippen molar-refractivity contribution < 1.29 is 4.74 Å². The summed E-state index contributed by atoms with van der Waals surface area (Å²) in [4.78, 5) is 11.6. The van der Waals surface area contributed by atoms with Crippen molar-refractivity contribution in [1.82, 2.24) is 14.9 Å². The van der Waals surface area contributed by atoms with Gasteiger partial charge in [0.25, 0.3) is 0 Å². The Labute approximate surface area is 161 Å². The number of ether oxygens (including phenoxy) is 1. The van der Waals surface area contributed by atoms with Gasteiger partial charge in [-0.05, 0) is 61.4 Å². The highest BCUT2D eigenvalue weighted by molar-refractivity contribution is 7.64. The van der Waals surface area contributed by atoms with Crippen LogP contribution >= 0.6 is 7.92 Å². The number of rotatable bonds is 4. The van der Waals surface area contributed by atoms with Crippen LogP contribution in [0.1, 0.15) is 11.1 Å². The van der Waals surface area contributed by atoms with E-state index < -0.39 is 0 Å². The van der Waals surface area contributed by atoms with E-state index in [-0.39, 0.29) is 7.92 Å². The minimum Gasteiger partial charge on any atom is -0.495 e. The summed E-state index contributed by atoms with van der Waals surface area (Å²) < 4.78 is 5.62. The van der Waals surface area contributed by atoms with Crippen LogP contribution in [0.5, 0.6) is 5.75 Å².